The van der Waals surface area contributed by atoms with Crippen LogP contribution in [0.3, 0.4) is 0 Å². The lowest BCUT2D eigenvalue weighted by Crippen LogP contribution is -2.37. The average molecular weight is 251 g/mol. The fourth-order valence-corrected chi connectivity index (χ4v) is 2.92. The summed E-state index contributed by atoms with van der Waals surface area (Å²) in [5.74, 6) is 1.52. The normalized spacial score (nSPS) is 18.6. The third kappa shape index (κ3) is 1.89. The van der Waals surface area contributed by atoms with Crippen molar-refractivity contribution >= 4 is 28.4 Å². The second kappa shape index (κ2) is 4.22. The molecule has 0 atom stereocenters. The van der Waals surface area contributed by atoms with Crippen molar-refractivity contribution in [2.75, 3.05) is 11.2 Å². The number of anilines is 1. The van der Waals surface area contributed by atoms with E-state index in [9.17, 15) is 0 Å². The molecule has 0 amide bonds. The van der Waals surface area contributed by atoms with Crippen LogP contribution in [0.5, 0.6) is 0 Å². The number of rotatable bonds is 3. The molecule has 0 unspecified atom stereocenters. The molecule has 3 rings (SSSR count). The van der Waals surface area contributed by atoms with Gasteiger partial charge in [-0.2, -0.15) is 0 Å². The zero-order valence-corrected chi connectivity index (χ0v) is 10.3. The summed E-state index contributed by atoms with van der Waals surface area (Å²) >= 11 is 6.13. The largest absolute Gasteiger partial charge is 0.464 e. The van der Waals surface area contributed by atoms with E-state index < -0.39 is 0 Å². The summed E-state index contributed by atoms with van der Waals surface area (Å²) < 4.78 is 5.38. The highest BCUT2D eigenvalue weighted by atomic mass is 35.5. The van der Waals surface area contributed by atoms with E-state index in [1.807, 2.05) is 12.1 Å². The van der Waals surface area contributed by atoms with Crippen molar-refractivity contribution in [3.8, 4) is 0 Å². The van der Waals surface area contributed by atoms with Gasteiger partial charge in [-0.15, -0.1) is 11.6 Å². The van der Waals surface area contributed by atoms with Crippen LogP contribution in [0, 0.1) is 0 Å². The first kappa shape index (κ1) is 10.9. The number of pyridine rings is 1. The van der Waals surface area contributed by atoms with Crippen LogP contribution < -0.4 is 5.32 Å². The summed E-state index contributed by atoms with van der Waals surface area (Å²) in [6, 6.07) is 3.82. The van der Waals surface area contributed by atoms with Crippen LogP contribution in [0.25, 0.3) is 11.0 Å². The zero-order valence-electron chi connectivity index (χ0n) is 9.58. The Morgan fingerprint density at radius 1 is 1.35 bits per heavy atom. The van der Waals surface area contributed by atoms with E-state index in [0.29, 0.717) is 5.88 Å². The number of nitrogens with zero attached hydrogens (tertiary/aromatic N) is 1. The van der Waals surface area contributed by atoms with E-state index in [1.54, 1.807) is 12.5 Å². The van der Waals surface area contributed by atoms with Crippen LogP contribution in [0.4, 0.5) is 5.82 Å². The number of furan rings is 1. The Morgan fingerprint density at radius 3 is 2.94 bits per heavy atom. The van der Waals surface area contributed by atoms with Crippen LogP contribution in [0.1, 0.15) is 25.7 Å². The molecule has 0 spiro atoms. The monoisotopic (exact) mass is 250 g/mol. The highest BCUT2D eigenvalue weighted by molar-refractivity contribution is 6.19. The Morgan fingerprint density at radius 2 is 2.18 bits per heavy atom. The first-order valence-electron chi connectivity index (χ1n) is 5.99. The molecule has 3 nitrogen and oxygen atoms in total. The molecular formula is C13H15ClN2O. The van der Waals surface area contributed by atoms with Gasteiger partial charge in [-0.25, -0.2) is 4.98 Å². The summed E-state index contributed by atoms with van der Waals surface area (Å²) in [4.78, 5) is 4.41. The fourth-order valence-electron chi connectivity index (χ4n) is 2.59. The molecule has 4 heteroatoms. The Labute approximate surface area is 105 Å². The van der Waals surface area contributed by atoms with Crippen LogP contribution in [-0.2, 0) is 0 Å². The van der Waals surface area contributed by atoms with Crippen molar-refractivity contribution in [3.05, 3.63) is 24.6 Å². The second-order valence-electron chi connectivity index (χ2n) is 4.74. The van der Waals surface area contributed by atoms with Crippen molar-refractivity contribution in [1.82, 2.24) is 4.98 Å². The quantitative estimate of drug-likeness (QED) is 0.843. The Hall–Kier alpha value is -1.22. The topological polar surface area (TPSA) is 38.1 Å². The minimum atomic E-state index is 0.0140. The second-order valence-corrected chi connectivity index (χ2v) is 5.01. The van der Waals surface area contributed by atoms with E-state index in [0.717, 1.165) is 29.6 Å². The van der Waals surface area contributed by atoms with Gasteiger partial charge in [-0.1, -0.05) is 12.8 Å². The number of hydrogen-bond donors (Lipinski definition) is 1. The van der Waals surface area contributed by atoms with Gasteiger partial charge >= 0.3 is 0 Å². The molecule has 0 radical (unpaired) electrons. The summed E-state index contributed by atoms with van der Waals surface area (Å²) in [6.45, 7) is 0. The highest BCUT2D eigenvalue weighted by Crippen LogP contribution is 2.35. The van der Waals surface area contributed by atoms with Gasteiger partial charge in [0.15, 0.2) is 0 Å². The molecule has 17 heavy (non-hydrogen) atoms. The lowest BCUT2D eigenvalue weighted by molar-refractivity contribution is 0.538. The minimum absolute atomic E-state index is 0.0140. The van der Waals surface area contributed by atoms with Crippen LogP contribution >= 0.6 is 11.6 Å². The number of aromatic nitrogens is 1. The first-order valence-corrected chi connectivity index (χ1v) is 6.53. The molecule has 1 aliphatic rings. The third-order valence-corrected chi connectivity index (χ3v) is 4.09. The molecule has 2 heterocycles. The van der Waals surface area contributed by atoms with E-state index in [-0.39, 0.29) is 5.54 Å². The van der Waals surface area contributed by atoms with Gasteiger partial charge in [0.1, 0.15) is 11.4 Å². The van der Waals surface area contributed by atoms with Gasteiger partial charge in [-0.05, 0) is 25.0 Å². The molecule has 0 bridgehead atoms. The third-order valence-electron chi connectivity index (χ3n) is 3.58. The number of hydrogen-bond acceptors (Lipinski definition) is 3. The maximum absolute atomic E-state index is 6.13. The Bertz CT molecular complexity index is 517. The van der Waals surface area contributed by atoms with Crippen molar-refractivity contribution in [2.24, 2.45) is 0 Å². The van der Waals surface area contributed by atoms with E-state index in [1.165, 1.54) is 12.8 Å². The van der Waals surface area contributed by atoms with Gasteiger partial charge < -0.3 is 9.73 Å². The smallest absolute Gasteiger partial charge is 0.139 e. The highest BCUT2D eigenvalue weighted by Gasteiger charge is 2.33. The molecule has 1 fully saturated rings. The molecule has 2 aromatic heterocycles. The van der Waals surface area contributed by atoms with Crippen molar-refractivity contribution in [1.29, 1.82) is 0 Å². The van der Waals surface area contributed by atoms with Gasteiger partial charge in [0.05, 0.1) is 17.2 Å². The van der Waals surface area contributed by atoms with E-state index in [4.69, 9.17) is 16.0 Å². The van der Waals surface area contributed by atoms with E-state index >= 15 is 0 Å². The molecule has 90 valence electrons. The minimum Gasteiger partial charge on any atom is -0.464 e. The number of nitrogens with one attached hydrogen (secondary N) is 1. The molecule has 0 saturated heterocycles. The number of fused-ring (bicyclic) bond motifs is 1. The first-order chi connectivity index (χ1) is 8.33. The summed E-state index contributed by atoms with van der Waals surface area (Å²) in [6.07, 6.45) is 8.17. The van der Waals surface area contributed by atoms with Crippen molar-refractivity contribution in [2.45, 2.75) is 31.2 Å². The van der Waals surface area contributed by atoms with Crippen LogP contribution in [0.15, 0.2) is 29.0 Å². The predicted octanol–water partition coefficient (Wildman–Crippen LogP) is 3.79. The zero-order chi connectivity index (χ0) is 11.7. The Kier molecular flexibility index (Phi) is 2.71. The van der Waals surface area contributed by atoms with Gasteiger partial charge in [0.2, 0.25) is 0 Å². The lowest BCUT2D eigenvalue weighted by atomic mass is 10.0. The molecule has 1 N–H and O–H groups in total. The maximum Gasteiger partial charge on any atom is 0.139 e. The molecule has 1 aliphatic carbocycles. The number of halogens is 1. The molecule has 1 saturated carbocycles. The SMILES string of the molecule is ClCC1(Nc2nccc3occc23)CCCC1. The Balaban J connectivity index is 1.96. The molecular weight excluding hydrogens is 236 g/mol. The van der Waals surface area contributed by atoms with Crippen molar-refractivity contribution < 1.29 is 4.42 Å². The molecule has 0 aromatic carbocycles. The maximum atomic E-state index is 6.13. The van der Waals surface area contributed by atoms with E-state index in [2.05, 4.69) is 10.3 Å². The number of alkyl halides is 1. The van der Waals surface area contributed by atoms with Crippen LogP contribution in [-0.4, -0.2) is 16.4 Å². The van der Waals surface area contributed by atoms with Crippen LogP contribution in [0.2, 0.25) is 0 Å². The standard InChI is InChI=1S/C13H15ClN2O/c14-9-13(5-1-2-6-13)16-12-10-4-8-17-11(10)3-7-15-12/h3-4,7-8H,1-2,5-6,9H2,(H,15,16). The lowest BCUT2D eigenvalue weighted by Gasteiger charge is -2.28. The van der Waals surface area contributed by atoms with Gasteiger partial charge in [-0.3, -0.25) is 0 Å². The summed E-state index contributed by atoms with van der Waals surface area (Å²) in [5, 5.41) is 4.56. The summed E-state index contributed by atoms with van der Waals surface area (Å²) in [7, 11) is 0. The predicted molar refractivity (Wildman–Crippen MR) is 69.6 cm³/mol. The van der Waals surface area contributed by atoms with Crippen molar-refractivity contribution in [3.63, 3.8) is 0 Å². The average Bonchev–Trinajstić information content (AvgIpc) is 2.98. The molecule has 2 aromatic rings. The van der Waals surface area contributed by atoms with Gasteiger partial charge in [0.25, 0.3) is 0 Å². The molecule has 0 aliphatic heterocycles. The van der Waals surface area contributed by atoms with Gasteiger partial charge in [0, 0.05) is 12.1 Å². The fraction of sp³-hybridized carbons (Fsp3) is 0.462. The summed E-state index contributed by atoms with van der Waals surface area (Å²) in [5.41, 5.74) is 0.880.